The molecule has 0 aliphatic heterocycles. The highest BCUT2D eigenvalue weighted by molar-refractivity contribution is 7.90. The van der Waals surface area contributed by atoms with E-state index < -0.39 is 43.8 Å². The molecule has 0 saturated carbocycles. The highest BCUT2D eigenvalue weighted by Gasteiger charge is 2.25. The molecule has 156 valence electrons. The zero-order valence-corrected chi connectivity index (χ0v) is 16.7. The quantitative estimate of drug-likeness (QED) is 0.549. The van der Waals surface area contributed by atoms with Gasteiger partial charge in [0.2, 0.25) is 0 Å². The Hall–Kier alpha value is -2.88. The summed E-state index contributed by atoms with van der Waals surface area (Å²) in [7, 11) is -4.25. The van der Waals surface area contributed by atoms with Gasteiger partial charge in [0.15, 0.2) is 11.6 Å². The highest BCUT2D eigenvalue weighted by Crippen LogP contribution is 2.23. The van der Waals surface area contributed by atoms with Crippen LogP contribution in [0.1, 0.15) is 15.9 Å². The van der Waals surface area contributed by atoms with Gasteiger partial charge in [-0.05, 0) is 47.7 Å². The molecule has 0 bridgehead atoms. The summed E-state index contributed by atoms with van der Waals surface area (Å²) in [5.74, 6) is -4.37. The van der Waals surface area contributed by atoms with Crippen LogP contribution in [0.5, 0.6) is 0 Å². The highest BCUT2D eigenvalue weighted by atomic mass is 35.5. The summed E-state index contributed by atoms with van der Waals surface area (Å²) in [6.45, 7) is -0.154. The van der Waals surface area contributed by atoms with Crippen LogP contribution in [-0.4, -0.2) is 18.1 Å². The number of nitrogens with zero attached hydrogens (tertiary/aromatic N) is 1. The van der Waals surface area contributed by atoms with Gasteiger partial charge in [0.1, 0.15) is 5.82 Å². The van der Waals surface area contributed by atoms with Crippen molar-refractivity contribution < 1.29 is 26.4 Å². The summed E-state index contributed by atoms with van der Waals surface area (Å²) >= 11 is 5.95. The number of sulfonamides is 1. The van der Waals surface area contributed by atoms with E-state index in [-0.39, 0.29) is 12.2 Å². The molecule has 30 heavy (non-hydrogen) atoms. The molecule has 3 aromatic rings. The number of carbonyl (C=O) groups excluding carboxylic acids is 1. The number of carbonyl (C=O) groups is 1. The van der Waals surface area contributed by atoms with Gasteiger partial charge in [-0.15, -0.1) is 3.82 Å². The molecule has 1 amide bonds. The van der Waals surface area contributed by atoms with E-state index in [0.29, 0.717) is 15.5 Å². The normalized spacial score (nSPS) is 11.5. The van der Waals surface area contributed by atoms with E-state index in [0.717, 1.165) is 30.3 Å². The average Bonchev–Trinajstić information content (AvgIpc) is 2.71. The van der Waals surface area contributed by atoms with E-state index in [9.17, 15) is 26.4 Å². The first kappa shape index (κ1) is 21.8. The van der Waals surface area contributed by atoms with Crippen molar-refractivity contribution in [2.24, 2.45) is 0 Å². The van der Waals surface area contributed by atoms with Gasteiger partial charge in [0.05, 0.1) is 17.0 Å². The lowest BCUT2D eigenvalue weighted by Crippen LogP contribution is -2.22. The number of hydrogen-bond donors (Lipinski definition) is 1. The second-order valence-corrected chi connectivity index (χ2v) is 8.63. The topological polar surface area (TPSA) is 66.5 Å². The second kappa shape index (κ2) is 8.86. The van der Waals surface area contributed by atoms with Gasteiger partial charge in [0, 0.05) is 11.8 Å². The van der Waals surface area contributed by atoms with Crippen molar-refractivity contribution >= 4 is 33.4 Å². The van der Waals surface area contributed by atoms with Gasteiger partial charge in [-0.25, -0.2) is 21.6 Å². The van der Waals surface area contributed by atoms with Gasteiger partial charge in [-0.2, -0.15) is 0 Å². The molecule has 1 N–H and O–H groups in total. The first-order valence-corrected chi connectivity index (χ1v) is 10.2. The van der Waals surface area contributed by atoms with Crippen LogP contribution in [0, 0.1) is 17.5 Å². The first-order valence-electron chi connectivity index (χ1n) is 8.47. The van der Waals surface area contributed by atoms with Crippen LogP contribution in [0.3, 0.4) is 0 Å². The lowest BCUT2D eigenvalue weighted by molar-refractivity contribution is 0.102. The summed E-state index contributed by atoms with van der Waals surface area (Å²) in [4.78, 5) is 12.0. The van der Waals surface area contributed by atoms with E-state index in [2.05, 4.69) is 5.32 Å². The molecular formula is C20H14ClF3N2O3S. The molecule has 3 aromatic carbocycles. The number of amides is 1. The van der Waals surface area contributed by atoms with E-state index in [1.807, 2.05) is 0 Å². The fraction of sp³-hybridized carbons (Fsp3) is 0.0500. The molecule has 3 rings (SSSR count). The molecule has 0 fully saturated rings. The van der Waals surface area contributed by atoms with Crippen LogP contribution < -0.4 is 5.32 Å². The summed E-state index contributed by atoms with van der Waals surface area (Å²) < 4.78 is 66.4. The van der Waals surface area contributed by atoms with Crippen molar-refractivity contribution in [2.75, 3.05) is 5.32 Å². The molecule has 0 aliphatic rings. The van der Waals surface area contributed by atoms with Crippen molar-refractivity contribution in [3.8, 4) is 0 Å². The lowest BCUT2D eigenvalue weighted by Gasteiger charge is -2.15. The molecule has 0 unspecified atom stereocenters. The summed E-state index contributed by atoms with van der Waals surface area (Å²) in [5, 5.41) is 2.19. The molecule has 0 spiro atoms. The van der Waals surface area contributed by atoms with Crippen molar-refractivity contribution in [2.45, 2.75) is 11.4 Å². The molecular weight excluding hydrogens is 441 g/mol. The van der Waals surface area contributed by atoms with Crippen molar-refractivity contribution in [1.82, 2.24) is 3.82 Å². The summed E-state index contributed by atoms with van der Waals surface area (Å²) in [6.07, 6.45) is 0. The Bertz CT molecular complexity index is 1190. The van der Waals surface area contributed by atoms with E-state index in [1.54, 1.807) is 30.3 Å². The van der Waals surface area contributed by atoms with E-state index in [1.165, 1.54) is 0 Å². The molecule has 5 nitrogen and oxygen atoms in total. The predicted octanol–water partition coefficient (Wildman–Crippen LogP) is 4.70. The summed E-state index contributed by atoms with van der Waals surface area (Å²) in [5.41, 5.74) is -0.116. The number of nitrogens with one attached hydrogen (secondary N) is 1. The van der Waals surface area contributed by atoms with Gasteiger partial charge in [0.25, 0.3) is 15.9 Å². The third-order valence-corrected chi connectivity index (χ3v) is 6.23. The van der Waals surface area contributed by atoms with E-state index >= 15 is 0 Å². The average molecular weight is 455 g/mol. The van der Waals surface area contributed by atoms with Crippen LogP contribution in [0.4, 0.5) is 18.9 Å². The van der Waals surface area contributed by atoms with Crippen LogP contribution in [-0.2, 0) is 16.6 Å². The molecule has 0 aliphatic carbocycles. The van der Waals surface area contributed by atoms with Gasteiger partial charge in [-0.1, -0.05) is 30.3 Å². The second-order valence-electron chi connectivity index (χ2n) is 6.16. The molecule has 0 heterocycles. The molecule has 0 saturated heterocycles. The van der Waals surface area contributed by atoms with Gasteiger partial charge < -0.3 is 5.32 Å². The Labute approximate surface area is 175 Å². The van der Waals surface area contributed by atoms with Crippen LogP contribution in [0.25, 0.3) is 0 Å². The van der Waals surface area contributed by atoms with Crippen molar-refractivity contribution in [3.05, 3.63) is 95.3 Å². The molecule has 0 atom stereocenters. The van der Waals surface area contributed by atoms with Crippen molar-refractivity contribution in [1.29, 1.82) is 0 Å². The minimum atomic E-state index is -4.25. The molecule has 0 aromatic heterocycles. The number of benzene rings is 3. The lowest BCUT2D eigenvalue weighted by atomic mass is 10.2. The number of halogens is 4. The smallest absolute Gasteiger partial charge is 0.258 e. The fourth-order valence-corrected chi connectivity index (χ4v) is 3.97. The van der Waals surface area contributed by atoms with E-state index in [4.69, 9.17) is 11.8 Å². The summed E-state index contributed by atoms with van der Waals surface area (Å²) in [6, 6.07) is 13.7. The fourth-order valence-electron chi connectivity index (χ4n) is 2.54. The number of rotatable bonds is 6. The molecule has 0 radical (unpaired) electrons. The Balaban J connectivity index is 1.86. The first-order chi connectivity index (χ1) is 14.2. The number of anilines is 1. The SMILES string of the molecule is O=C(Nc1ccc(F)c(F)c1)c1cc(S(=O)(=O)N(Cl)Cc2ccccc2)ccc1F. The Morgan fingerprint density at radius 2 is 1.57 bits per heavy atom. The van der Waals surface area contributed by atoms with Crippen LogP contribution in [0.15, 0.2) is 71.6 Å². The molecule has 10 heteroatoms. The van der Waals surface area contributed by atoms with Gasteiger partial charge >= 0.3 is 0 Å². The third-order valence-electron chi connectivity index (χ3n) is 4.07. The largest absolute Gasteiger partial charge is 0.322 e. The minimum absolute atomic E-state index is 0.130. The standard InChI is InChI=1S/C20H14ClF3N2O3S/c21-26(12-13-4-2-1-3-5-13)30(28,29)15-7-9-17(22)16(11-15)20(27)25-14-6-8-18(23)19(24)10-14/h1-11H,12H2,(H,25,27). The monoisotopic (exact) mass is 454 g/mol. The van der Waals surface area contributed by atoms with Crippen LogP contribution >= 0.6 is 11.8 Å². The zero-order valence-electron chi connectivity index (χ0n) is 15.2. The maximum atomic E-state index is 14.2. The predicted molar refractivity (Wildman–Crippen MR) is 106 cm³/mol. The Kier molecular flexibility index (Phi) is 6.45. The van der Waals surface area contributed by atoms with Gasteiger partial charge in [-0.3, -0.25) is 4.79 Å². The zero-order chi connectivity index (χ0) is 21.9. The Morgan fingerprint density at radius 3 is 2.23 bits per heavy atom. The number of hydrogen-bond acceptors (Lipinski definition) is 3. The van der Waals surface area contributed by atoms with Crippen molar-refractivity contribution in [3.63, 3.8) is 0 Å². The Morgan fingerprint density at radius 1 is 0.900 bits per heavy atom. The third kappa shape index (κ3) is 4.81. The maximum absolute atomic E-state index is 14.2. The van der Waals surface area contributed by atoms with Crippen LogP contribution in [0.2, 0.25) is 0 Å². The minimum Gasteiger partial charge on any atom is -0.322 e. The maximum Gasteiger partial charge on any atom is 0.258 e.